The molecule has 0 amide bonds. The third-order valence-corrected chi connectivity index (χ3v) is 3.45. The van der Waals surface area contributed by atoms with Crippen molar-refractivity contribution in [1.29, 1.82) is 0 Å². The number of imidazole rings is 1. The lowest BCUT2D eigenvalue weighted by Gasteiger charge is -2.13. The van der Waals surface area contributed by atoms with E-state index < -0.39 is 0 Å². The average molecular weight is 265 g/mol. The second-order valence-corrected chi connectivity index (χ2v) is 5.62. The molecular weight excluding hydrogens is 246 g/mol. The van der Waals surface area contributed by atoms with Crippen molar-refractivity contribution < 1.29 is 0 Å². The van der Waals surface area contributed by atoms with Crippen LogP contribution in [0.1, 0.15) is 31.0 Å². The van der Waals surface area contributed by atoms with Crippen LogP contribution in [0, 0.1) is 13.8 Å². The van der Waals surface area contributed by atoms with Gasteiger partial charge in [0.05, 0.1) is 0 Å². The van der Waals surface area contributed by atoms with Gasteiger partial charge in [0.15, 0.2) is 5.65 Å². The Hall–Kier alpha value is -2.16. The Bertz CT molecular complexity index is 749. The molecule has 102 valence electrons. The number of rotatable bonds is 2. The van der Waals surface area contributed by atoms with E-state index in [1.54, 1.807) is 0 Å². The summed E-state index contributed by atoms with van der Waals surface area (Å²) in [5.74, 6) is 1.00. The lowest BCUT2D eigenvalue weighted by atomic mass is 10.1. The van der Waals surface area contributed by atoms with Gasteiger partial charge in [0.1, 0.15) is 11.3 Å². The van der Waals surface area contributed by atoms with Gasteiger partial charge < -0.3 is 4.57 Å². The van der Waals surface area contributed by atoms with E-state index in [1.807, 2.05) is 18.3 Å². The summed E-state index contributed by atoms with van der Waals surface area (Å²) in [6, 6.07) is 10.8. The molecule has 0 aliphatic rings. The third kappa shape index (κ3) is 2.09. The van der Waals surface area contributed by atoms with E-state index in [9.17, 15) is 0 Å². The number of fused-ring (bicyclic) bond motifs is 1. The molecular formula is C17H19N3. The Morgan fingerprint density at radius 1 is 1.05 bits per heavy atom. The van der Waals surface area contributed by atoms with Gasteiger partial charge in [0, 0.05) is 17.8 Å². The first kappa shape index (κ1) is 12.9. The first-order chi connectivity index (χ1) is 9.56. The summed E-state index contributed by atoms with van der Waals surface area (Å²) in [7, 11) is 0. The third-order valence-electron chi connectivity index (χ3n) is 3.45. The van der Waals surface area contributed by atoms with Gasteiger partial charge in [-0.1, -0.05) is 17.2 Å². The molecule has 0 saturated heterocycles. The van der Waals surface area contributed by atoms with Crippen LogP contribution in [-0.2, 0) is 0 Å². The molecule has 0 N–H and O–H groups in total. The van der Waals surface area contributed by atoms with Crippen molar-refractivity contribution in [3.8, 4) is 11.4 Å². The highest BCUT2D eigenvalue weighted by atomic mass is 15.1. The molecule has 20 heavy (non-hydrogen) atoms. The van der Waals surface area contributed by atoms with Crippen LogP contribution in [0.15, 0.2) is 36.5 Å². The highest BCUT2D eigenvalue weighted by Crippen LogP contribution is 2.28. The van der Waals surface area contributed by atoms with Crippen LogP contribution < -0.4 is 0 Å². The molecule has 3 nitrogen and oxygen atoms in total. The highest BCUT2D eigenvalue weighted by molar-refractivity contribution is 5.77. The summed E-state index contributed by atoms with van der Waals surface area (Å²) in [5, 5.41) is 0. The minimum absolute atomic E-state index is 0.325. The van der Waals surface area contributed by atoms with Crippen LogP contribution in [0.4, 0.5) is 0 Å². The second kappa shape index (κ2) is 4.75. The summed E-state index contributed by atoms with van der Waals surface area (Å²) >= 11 is 0. The summed E-state index contributed by atoms with van der Waals surface area (Å²) in [6.45, 7) is 8.58. The lowest BCUT2D eigenvalue weighted by Crippen LogP contribution is -2.04. The molecule has 2 heterocycles. The topological polar surface area (TPSA) is 30.7 Å². The SMILES string of the molecule is Cc1cc(C)cc(-c2nc3cccnc3n2C(C)C)c1. The Balaban J connectivity index is 2.32. The molecule has 0 bridgehead atoms. The standard InChI is InChI=1S/C17H19N3/c1-11(2)20-16(14-9-12(3)8-13(4)10-14)19-15-6-5-7-18-17(15)20/h5-11H,1-4H3. The molecule has 1 aromatic carbocycles. The van der Waals surface area contributed by atoms with Crippen molar-refractivity contribution in [2.75, 3.05) is 0 Å². The molecule has 3 heteroatoms. The quantitative estimate of drug-likeness (QED) is 0.691. The van der Waals surface area contributed by atoms with Gasteiger partial charge in [0.2, 0.25) is 0 Å². The van der Waals surface area contributed by atoms with E-state index in [2.05, 4.69) is 55.4 Å². The first-order valence-corrected chi connectivity index (χ1v) is 6.98. The van der Waals surface area contributed by atoms with E-state index in [0.717, 1.165) is 22.6 Å². The van der Waals surface area contributed by atoms with Gasteiger partial charge in [-0.3, -0.25) is 0 Å². The molecule has 0 radical (unpaired) electrons. The van der Waals surface area contributed by atoms with Crippen molar-refractivity contribution in [3.05, 3.63) is 47.7 Å². The molecule has 3 rings (SSSR count). The summed E-state index contributed by atoms with van der Waals surface area (Å²) in [5.41, 5.74) is 5.59. The van der Waals surface area contributed by atoms with Crippen molar-refractivity contribution in [2.45, 2.75) is 33.7 Å². The normalized spacial score (nSPS) is 11.4. The Morgan fingerprint density at radius 2 is 1.75 bits per heavy atom. The zero-order chi connectivity index (χ0) is 14.3. The predicted molar refractivity (Wildman–Crippen MR) is 82.8 cm³/mol. The summed E-state index contributed by atoms with van der Waals surface area (Å²) in [6.07, 6.45) is 1.83. The largest absolute Gasteiger partial charge is 0.306 e. The summed E-state index contributed by atoms with van der Waals surface area (Å²) in [4.78, 5) is 9.28. The van der Waals surface area contributed by atoms with Crippen LogP contribution in [0.25, 0.3) is 22.6 Å². The van der Waals surface area contributed by atoms with Crippen molar-refractivity contribution in [1.82, 2.24) is 14.5 Å². The van der Waals surface area contributed by atoms with Gasteiger partial charge in [-0.25, -0.2) is 9.97 Å². The lowest BCUT2D eigenvalue weighted by molar-refractivity contribution is 0.619. The maximum Gasteiger partial charge on any atom is 0.160 e. The van der Waals surface area contributed by atoms with Crippen LogP contribution in [0.3, 0.4) is 0 Å². The molecule has 2 aromatic heterocycles. The number of aromatic nitrogens is 3. The fourth-order valence-electron chi connectivity index (χ4n) is 2.73. The highest BCUT2D eigenvalue weighted by Gasteiger charge is 2.15. The number of hydrogen-bond acceptors (Lipinski definition) is 2. The van der Waals surface area contributed by atoms with Crippen LogP contribution in [0.2, 0.25) is 0 Å². The zero-order valence-corrected chi connectivity index (χ0v) is 12.4. The van der Waals surface area contributed by atoms with Gasteiger partial charge in [-0.15, -0.1) is 0 Å². The molecule has 0 atom stereocenters. The van der Waals surface area contributed by atoms with E-state index in [0.29, 0.717) is 6.04 Å². The number of pyridine rings is 1. The van der Waals surface area contributed by atoms with Gasteiger partial charge in [0.25, 0.3) is 0 Å². The molecule has 0 aliphatic heterocycles. The second-order valence-electron chi connectivity index (χ2n) is 5.62. The monoisotopic (exact) mass is 265 g/mol. The van der Waals surface area contributed by atoms with E-state index in [-0.39, 0.29) is 0 Å². The minimum atomic E-state index is 0.325. The van der Waals surface area contributed by atoms with E-state index >= 15 is 0 Å². The van der Waals surface area contributed by atoms with Crippen LogP contribution in [-0.4, -0.2) is 14.5 Å². The Labute approximate surface area is 119 Å². The van der Waals surface area contributed by atoms with Gasteiger partial charge >= 0.3 is 0 Å². The molecule has 0 unspecified atom stereocenters. The summed E-state index contributed by atoms with van der Waals surface area (Å²) < 4.78 is 2.21. The van der Waals surface area contributed by atoms with Crippen molar-refractivity contribution >= 4 is 11.2 Å². The average Bonchev–Trinajstić information content (AvgIpc) is 2.76. The maximum atomic E-state index is 4.79. The van der Waals surface area contributed by atoms with E-state index in [1.165, 1.54) is 11.1 Å². The molecule has 0 saturated carbocycles. The van der Waals surface area contributed by atoms with Crippen LogP contribution >= 0.6 is 0 Å². The number of hydrogen-bond donors (Lipinski definition) is 0. The number of nitrogens with zero attached hydrogens (tertiary/aromatic N) is 3. The Morgan fingerprint density at radius 3 is 2.40 bits per heavy atom. The first-order valence-electron chi connectivity index (χ1n) is 6.98. The minimum Gasteiger partial charge on any atom is -0.306 e. The van der Waals surface area contributed by atoms with Crippen molar-refractivity contribution in [3.63, 3.8) is 0 Å². The molecule has 0 fully saturated rings. The molecule has 0 aliphatic carbocycles. The smallest absolute Gasteiger partial charge is 0.160 e. The molecule has 3 aromatic rings. The fourth-order valence-corrected chi connectivity index (χ4v) is 2.73. The molecule has 0 spiro atoms. The Kier molecular flexibility index (Phi) is 3.05. The van der Waals surface area contributed by atoms with E-state index in [4.69, 9.17) is 4.98 Å². The predicted octanol–water partition coefficient (Wildman–Crippen LogP) is 4.30. The van der Waals surface area contributed by atoms with Crippen LogP contribution in [0.5, 0.6) is 0 Å². The van der Waals surface area contributed by atoms with Gasteiger partial charge in [-0.2, -0.15) is 0 Å². The fraction of sp³-hybridized carbons (Fsp3) is 0.294. The van der Waals surface area contributed by atoms with Crippen molar-refractivity contribution in [2.24, 2.45) is 0 Å². The number of benzene rings is 1. The number of aryl methyl sites for hydroxylation is 2. The maximum absolute atomic E-state index is 4.79. The van der Waals surface area contributed by atoms with Gasteiger partial charge in [-0.05, 0) is 52.0 Å². The zero-order valence-electron chi connectivity index (χ0n) is 12.4.